The molecule has 0 spiro atoms. The molecule has 62 valence electrons. The molecule has 1 rings (SSSR count). The van der Waals surface area contributed by atoms with Gasteiger partial charge in [0.05, 0.1) is 0 Å². The fourth-order valence-electron chi connectivity index (χ4n) is 1.27. The minimum atomic E-state index is 0.532. The Kier molecular flexibility index (Phi) is 2.89. The van der Waals surface area contributed by atoms with E-state index in [0.29, 0.717) is 11.4 Å². The molecule has 0 bridgehead atoms. The van der Waals surface area contributed by atoms with Crippen LogP contribution in [0.5, 0.6) is 0 Å². The third kappa shape index (κ3) is 1.93. The van der Waals surface area contributed by atoms with Gasteiger partial charge in [-0.05, 0) is 25.7 Å². The van der Waals surface area contributed by atoms with Gasteiger partial charge in [0, 0.05) is 0 Å². The molecule has 1 aliphatic rings. The molecule has 0 amide bonds. The van der Waals surface area contributed by atoms with Gasteiger partial charge in [-0.15, -0.1) is 0 Å². The van der Waals surface area contributed by atoms with Crippen molar-refractivity contribution in [3.8, 4) is 0 Å². The van der Waals surface area contributed by atoms with E-state index >= 15 is 0 Å². The van der Waals surface area contributed by atoms with E-state index in [0.717, 1.165) is 32.1 Å². The molecule has 1 aliphatic carbocycles. The van der Waals surface area contributed by atoms with Crippen molar-refractivity contribution >= 4 is 11.4 Å². The topological polar surface area (TPSA) is 65.2 Å². The first kappa shape index (κ1) is 8.04. The third-order valence-electron chi connectivity index (χ3n) is 1.90. The van der Waals surface area contributed by atoms with E-state index in [1.807, 2.05) is 0 Å². The molecular weight excluding hydrogens is 144 g/mol. The predicted octanol–water partition coefficient (Wildman–Crippen LogP) is 1.61. The van der Waals surface area contributed by atoms with Gasteiger partial charge in [0.2, 0.25) is 0 Å². The number of rotatable bonds is 0. The van der Waals surface area contributed by atoms with Crippen molar-refractivity contribution in [1.29, 1.82) is 0 Å². The Balaban J connectivity index is 2.71. The molecule has 0 aliphatic heterocycles. The Labute approximate surface area is 65.2 Å². The zero-order valence-corrected chi connectivity index (χ0v) is 6.32. The van der Waals surface area contributed by atoms with Crippen LogP contribution in [-0.2, 0) is 0 Å². The molecule has 1 saturated carbocycles. The molecule has 4 nitrogen and oxygen atoms in total. The first-order valence-electron chi connectivity index (χ1n) is 3.80. The normalized spacial score (nSPS) is 27.3. The molecule has 0 unspecified atom stereocenters. The van der Waals surface area contributed by atoms with Gasteiger partial charge in [-0.25, -0.2) is 0 Å². The second-order valence-electron chi connectivity index (χ2n) is 2.65. The highest BCUT2D eigenvalue weighted by Crippen LogP contribution is 2.13. The second-order valence-corrected chi connectivity index (χ2v) is 2.65. The minimum Gasteiger partial charge on any atom is -0.411 e. The summed E-state index contributed by atoms with van der Waals surface area (Å²) in [4.78, 5) is 0. The predicted molar refractivity (Wildman–Crippen MR) is 41.5 cm³/mol. The zero-order valence-electron chi connectivity index (χ0n) is 6.32. The van der Waals surface area contributed by atoms with Gasteiger partial charge >= 0.3 is 0 Å². The molecular formula is C7H12N2O2. The van der Waals surface area contributed by atoms with Gasteiger partial charge in [0.1, 0.15) is 11.4 Å². The van der Waals surface area contributed by atoms with Crippen molar-refractivity contribution in [2.24, 2.45) is 10.3 Å². The molecule has 0 aromatic carbocycles. The van der Waals surface area contributed by atoms with E-state index in [2.05, 4.69) is 10.3 Å². The van der Waals surface area contributed by atoms with Gasteiger partial charge in [0.15, 0.2) is 0 Å². The van der Waals surface area contributed by atoms with Crippen LogP contribution in [0.15, 0.2) is 10.3 Å². The molecule has 0 aromatic heterocycles. The lowest BCUT2D eigenvalue weighted by Crippen LogP contribution is -2.11. The van der Waals surface area contributed by atoms with Crippen molar-refractivity contribution in [3.05, 3.63) is 0 Å². The largest absolute Gasteiger partial charge is 0.411 e. The second kappa shape index (κ2) is 3.95. The molecule has 2 N–H and O–H groups in total. The number of hydrogen-bond acceptors (Lipinski definition) is 4. The van der Waals surface area contributed by atoms with Crippen LogP contribution in [0.1, 0.15) is 32.1 Å². The van der Waals surface area contributed by atoms with E-state index in [4.69, 9.17) is 10.4 Å². The molecule has 1 fully saturated rings. The van der Waals surface area contributed by atoms with Gasteiger partial charge in [-0.3, -0.25) is 0 Å². The van der Waals surface area contributed by atoms with Gasteiger partial charge < -0.3 is 10.4 Å². The minimum absolute atomic E-state index is 0.532. The summed E-state index contributed by atoms with van der Waals surface area (Å²) in [6.45, 7) is 0. The first-order chi connectivity index (χ1) is 5.38. The Morgan fingerprint density at radius 2 is 1.27 bits per heavy atom. The average molecular weight is 156 g/mol. The van der Waals surface area contributed by atoms with Gasteiger partial charge in [-0.2, -0.15) is 0 Å². The molecule has 11 heavy (non-hydrogen) atoms. The van der Waals surface area contributed by atoms with Crippen molar-refractivity contribution in [1.82, 2.24) is 0 Å². The highest BCUT2D eigenvalue weighted by Gasteiger charge is 2.13. The SMILES string of the molecule is ON=C1CCCCC/C1=N\O. The summed E-state index contributed by atoms with van der Waals surface area (Å²) >= 11 is 0. The molecule has 0 heterocycles. The molecule has 0 saturated heterocycles. The Bertz CT molecular complexity index is 167. The summed E-state index contributed by atoms with van der Waals surface area (Å²) in [5.41, 5.74) is 1.06. The number of oxime groups is 2. The number of hydrogen-bond donors (Lipinski definition) is 2. The first-order valence-corrected chi connectivity index (χ1v) is 3.80. The molecule has 0 atom stereocenters. The molecule has 0 aromatic rings. The van der Waals surface area contributed by atoms with Crippen LogP contribution in [0.3, 0.4) is 0 Å². The Hall–Kier alpha value is -1.06. The van der Waals surface area contributed by atoms with E-state index in [1.54, 1.807) is 0 Å². The van der Waals surface area contributed by atoms with Crippen LogP contribution in [0.4, 0.5) is 0 Å². The van der Waals surface area contributed by atoms with Crippen LogP contribution in [0, 0.1) is 0 Å². The number of nitrogens with zero attached hydrogens (tertiary/aromatic N) is 2. The highest BCUT2D eigenvalue weighted by atomic mass is 16.4. The summed E-state index contributed by atoms with van der Waals surface area (Å²) in [5.74, 6) is 0. The van der Waals surface area contributed by atoms with Crippen LogP contribution >= 0.6 is 0 Å². The lowest BCUT2D eigenvalue weighted by atomic mass is 10.1. The summed E-state index contributed by atoms with van der Waals surface area (Å²) in [5, 5.41) is 23.2. The smallest absolute Gasteiger partial charge is 0.104 e. The van der Waals surface area contributed by atoms with Crippen LogP contribution in [0.2, 0.25) is 0 Å². The van der Waals surface area contributed by atoms with Crippen molar-refractivity contribution in [2.75, 3.05) is 0 Å². The summed E-state index contributed by atoms with van der Waals surface area (Å²) in [7, 11) is 0. The average Bonchev–Trinajstić information content (AvgIpc) is 2.27. The third-order valence-corrected chi connectivity index (χ3v) is 1.90. The van der Waals surface area contributed by atoms with E-state index in [1.165, 1.54) is 0 Å². The van der Waals surface area contributed by atoms with Crippen LogP contribution in [-0.4, -0.2) is 21.8 Å². The molecule has 0 radical (unpaired) electrons. The Morgan fingerprint density at radius 3 is 1.64 bits per heavy atom. The zero-order chi connectivity index (χ0) is 8.10. The summed E-state index contributed by atoms with van der Waals surface area (Å²) < 4.78 is 0. The van der Waals surface area contributed by atoms with E-state index < -0.39 is 0 Å². The van der Waals surface area contributed by atoms with Crippen molar-refractivity contribution in [2.45, 2.75) is 32.1 Å². The van der Waals surface area contributed by atoms with Gasteiger partial charge in [0.25, 0.3) is 0 Å². The fraction of sp³-hybridized carbons (Fsp3) is 0.714. The Morgan fingerprint density at radius 1 is 0.818 bits per heavy atom. The van der Waals surface area contributed by atoms with Crippen LogP contribution < -0.4 is 0 Å². The fourth-order valence-corrected chi connectivity index (χ4v) is 1.27. The highest BCUT2D eigenvalue weighted by molar-refractivity contribution is 6.42. The van der Waals surface area contributed by atoms with Crippen LogP contribution in [0.25, 0.3) is 0 Å². The van der Waals surface area contributed by atoms with Crippen molar-refractivity contribution in [3.63, 3.8) is 0 Å². The summed E-state index contributed by atoms with van der Waals surface area (Å²) in [6.07, 6.45) is 4.57. The maximum absolute atomic E-state index is 8.51. The lowest BCUT2D eigenvalue weighted by molar-refractivity contribution is 0.312. The van der Waals surface area contributed by atoms with Gasteiger partial charge in [-0.1, -0.05) is 16.7 Å². The van der Waals surface area contributed by atoms with E-state index in [9.17, 15) is 0 Å². The quantitative estimate of drug-likeness (QED) is 0.318. The lowest BCUT2D eigenvalue weighted by Gasteiger charge is -1.98. The van der Waals surface area contributed by atoms with Crippen molar-refractivity contribution < 1.29 is 10.4 Å². The maximum atomic E-state index is 8.51. The summed E-state index contributed by atoms with van der Waals surface area (Å²) in [6, 6.07) is 0. The monoisotopic (exact) mass is 156 g/mol. The standard InChI is InChI=1S/C7H12N2O2/c10-8-6-4-2-1-3-5-7(6)9-11/h10-11H,1-5H2/b8-6+,9-7?. The van der Waals surface area contributed by atoms with E-state index in [-0.39, 0.29) is 0 Å². The molecule has 4 heteroatoms. The maximum Gasteiger partial charge on any atom is 0.104 e.